The molecule has 0 aromatic heterocycles. The molecular formula is C34H24F6NiO4S4. The molecule has 0 bridgehead atoms. The van der Waals surface area contributed by atoms with E-state index >= 15 is 0 Å². The summed E-state index contributed by atoms with van der Waals surface area (Å²) in [7, 11) is 2.57. The zero-order valence-electron chi connectivity index (χ0n) is 25.2. The average Bonchev–Trinajstić information content (AvgIpc) is 3.09. The van der Waals surface area contributed by atoms with Crippen molar-refractivity contribution in [3.8, 4) is 0 Å². The molecular weight excluding hydrogens is 773 g/mol. The van der Waals surface area contributed by atoms with Crippen molar-refractivity contribution in [3.05, 3.63) is 142 Å². The van der Waals surface area contributed by atoms with Crippen molar-refractivity contribution in [2.45, 2.75) is 22.9 Å². The second-order valence-electron chi connectivity index (χ2n) is 9.87. The van der Waals surface area contributed by atoms with E-state index in [4.69, 9.17) is 49.7 Å². The predicted molar refractivity (Wildman–Crippen MR) is 182 cm³/mol. The number of carbonyl (C=O) groups excluding carboxylic acids is 2. The quantitative estimate of drug-likeness (QED) is 0.0438. The van der Waals surface area contributed by atoms with Gasteiger partial charge in [0.1, 0.15) is 0 Å². The molecule has 15 heteroatoms. The van der Waals surface area contributed by atoms with Crippen molar-refractivity contribution >= 4 is 71.4 Å². The maximum atomic E-state index is 12.6. The molecule has 0 radical (unpaired) electrons. The second-order valence-corrected chi connectivity index (χ2v) is 11.7. The molecule has 2 unspecified atom stereocenters. The smallest absolute Gasteiger partial charge is 0.779 e. The van der Waals surface area contributed by atoms with Gasteiger partial charge in [-0.25, -0.2) is 9.59 Å². The Kier molecular flexibility index (Phi) is 15.5. The molecule has 0 spiro atoms. The summed E-state index contributed by atoms with van der Waals surface area (Å²) < 4.78 is 84.7. The summed E-state index contributed by atoms with van der Waals surface area (Å²) in [5, 5.41) is -1.19. The summed E-state index contributed by atoms with van der Waals surface area (Å²) in [6.45, 7) is 0. The Morgan fingerprint density at radius 1 is 0.531 bits per heavy atom. The summed E-state index contributed by atoms with van der Waals surface area (Å²) in [5.41, 5.74) is 1.58. The van der Waals surface area contributed by atoms with Gasteiger partial charge in [0, 0.05) is 9.73 Å². The van der Waals surface area contributed by atoms with E-state index in [1.807, 2.05) is 0 Å². The van der Waals surface area contributed by atoms with Gasteiger partial charge in [-0.3, -0.25) is 0 Å². The number of esters is 2. The number of methoxy groups -OCH3 is 2. The zero-order chi connectivity index (χ0) is 35.8. The molecule has 0 saturated carbocycles. The third-order valence-electron chi connectivity index (χ3n) is 6.74. The molecule has 0 N–H and O–H groups in total. The minimum atomic E-state index is -4.39. The van der Waals surface area contributed by atoms with Crippen LogP contribution in [0, 0.1) is 0 Å². The molecule has 0 aliphatic carbocycles. The third kappa shape index (κ3) is 11.4. The third-order valence-corrected chi connectivity index (χ3v) is 9.00. The van der Waals surface area contributed by atoms with Crippen molar-refractivity contribution < 1.29 is 61.9 Å². The molecule has 0 fully saturated rings. The van der Waals surface area contributed by atoms with Crippen molar-refractivity contribution in [3.63, 3.8) is 0 Å². The van der Waals surface area contributed by atoms with E-state index in [2.05, 4.69) is 9.47 Å². The van der Waals surface area contributed by atoms with Gasteiger partial charge in [0.15, 0.2) is 0 Å². The van der Waals surface area contributed by atoms with Crippen LogP contribution in [0.2, 0.25) is 0 Å². The van der Waals surface area contributed by atoms with Crippen molar-refractivity contribution in [2.75, 3.05) is 14.2 Å². The van der Waals surface area contributed by atoms with Gasteiger partial charge < -0.3 is 34.7 Å². The van der Waals surface area contributed by atoms with Crippen LogP contribution in [0.15, 0.2) is 97.1 Å². The van der Waals surface area contributed by atoms with E-state index in [-0.39, 0.29) is 16.5 Å². The Morgan fingerprint density at radius 2 is 0.776 bits per heavy atom. The first-order valence-corrected chi connectivity index (χ1v) is 15.3. The number of hydrogen-bond donors (Lipinski definition) is 0. The van der Waals surface area contributed by atoms with E-state index in [9.17, 15) is 35.9 Å². The van der Waals surface area contributed by atoms with Crippen molar-refractivity contribution in [2.24, 2.45) is 0 Å². The van der Waals surface area contributed by atoms with Crippen LogP contribution in [0.25, 0.3) is 0 Å². The Balaban J connectivity index is 0.000000333. The molecule has 0 saturated heterocycles. The molecule has 2 atom stereocenters. The first-order valence-electron chi connectivity index (χ1n) is 13.6. The van der Waals surface area contributed by atoms with Crippen LogP contribution >= 0.6 is 24.4 Å². The van der Waals surface area contributed by atoms with Gasteiger partial charge in [0.05, 0.1) is 36.5 Å². The van der Waals surface area contributed by atoms with Crippen LogP contribution in [0.4, 0.5) is 26.3 Å². The number of rotatable bonds is 8. The Bertz CT molecular complexity index is 1610. The van der Waals surface area contributed by atoms with Crippen LogP contribution in [0.5, 0.6) is 0 Å². The monoisotopic (exact) mass is 796 g/mol. The molecule has 4 aromatic rings. The van der Waals surface area contributed by atoms with Gasteiger partial charge in [-0.05, 0) is 59.7 Å². The van der Waals surface area contributed by atoms with Gasteiger partial charge in [-0.1, -0.05) is 84.1 Å². The molecule has 49 heavy (non-hydrogen) atoms. The number of ether oxygens (including phenoxy) is 2. The number of carbonyl (C=O) groups is 2. The van der Waals surface area contributed by atoms with Crippen molar-refractivity contribution in [1.29, 1.82) is 0 Å². The summed E-state index contributed by atoms with van der Waals surface area (Å²) in [4.78, 5) is 23.5. The minimum absolute atomic E-state index is 0. The number of halogens is 6. The number of thiocarbonyl (C=S) groups is 2. The van der Waals surface area contributed by atoms with Crippen LogP contribution in [-0.2, 0) is 63.6 Å². The second kappa shape index (κ2) is 18.1. The van der Waals surface area contributed by atoms with Gasteiger partial charge >= 0.3 is 40.8 Å². The van der Waals surface area contributed by atoms with Gasteiger partial charge in [0.25, 0.3) is 0 Å². The van der Waals surface area contributed by atoms with E-state index < -0.39 is 45.9 Å². The topological polar surface area (TPSA) is 52.6 Å². The van der Waals surface area contributed by atoms with Crippen molar-refractivity contribution in [1.82, 2.24) is 0 Å². The van der Waals surface area contributed by atoms with Crippen LogP contribution < -0.4 is 0 Å². The van der Waals surface area contributed by atoms with E-state index in [0.29, 0.717) is 43.1 Å². The number of benzene rings is 4. The molecule has 0 aliphatic rings. The SMILES string of the molecule is COC(=O)c1ccc(C([S-])C(=S)c2ccc(C(F)(F)F)cc2)cc1.COC(=O)c1ccc(C([S-])C(=S)c2ccc(C(F)(F)F)cc2)cc1.[Ni+2]. The largest absolute Gasteiger partial charge is 2.00 e. The Morgan fingerprint density at radius 3 is 1.00 bits per heavy atom. The van der Waals surface area contributed by atoms with Crippen LogP contribution in [0.1, 0.15) is 64.6 Å². The predicted octanol–water partition coefficient (Wildman–Crippen LogP) is 8.99. The molecule has 4 aromatic carbocycles. The molecule has 260 valence electrons. The molecule has 0 amide bonds. The maximum Gasteiger partial charge on any atom is 2.00 e. The number of alkyl halides is 6. The summed E-state index contributed by atoms with van der Waals surface area (Å²) >= 11 is 21.3. The summed E-state index contributed by atoms with van der Waals surface area (Å²) in [6, 6.07) is 22.0. The standard InChI is InChI=1S/2C17H13F3O2S2.Ni/c2*1-22-16(21)12-4-2-10(3-5-12)14(23)15(24)11-6-8-13(9-7-11)17(18,19)20;/h2*2-9,14,23H,1H3;/q;;+2/p-2. The normalized spacial score (nSPS) is 12.3. The minimum Gasteiger partial charge on any atom is -0.779 e. The molecule has 4 rings (SSSR count). The van der Waals surface area contributed by atoms with E-state index in [1.165, 1.54) is 38.5 Å². The average molecular weight is 798 g/mol. The first kappa shape index (κ1) is 41.9. The van der Waals surface area contributed by atoms with E-state index in [1.54, 1.807) is 48.5 Å². The van der Waals surface area contributed by atoms with E-state index in [0.717, 1.165) is 24.3 Å². The molecule has 0 heterocycles. The van der Waals surface area contributed by atoms with Crippen LogP contribution in [0.3, 0.4) is 0 Å². The van der Waals surface area contributed by atoms with Gasteiger partial charge in [-0.15, -0.1) is 10.5 Å². The fourth-order valence-electron chi connectivity index (χ4n) is 4.08. The Hall–Kier alpha value is -3.23. The summed E-state index contributed by atoms with van der Waals surface area (Å²) in [6.07, 6.45) is -8.78. The van der Waals surface area contributed by atoms with Gasteiger partial charge in [0.2, 0.25) is 0 Å². The number of hydrogen-bond acceptors (Lipinski definition) is 8. The molecule has 4 nitrogen and oxygen atoms in total. The fraction of sp³-hybridized carbons (Fsp3) is 0.176. The maximum absolute atomic E-state index is 12.6. The fourth-order valence-corrected chi connectivity index (χ4v) is 5.21. The zero-order valence-corrected chi connectivity index (χ0v) is 29.5. The van der Waals surface area contributed by atoms with Crippen LogP contribution in [-0.4, -0.2) is 35.9 Å². The summed E-state index contributed by atoms with van der Waals surface area (Å²) in [5.74, 6) is -0.930. The van der Waals surface area contributed by atoms with Gasteiger partial charge in [-0.2, -0.15) is 26.3 Å². The Labute approximate surface area is 310 Å². The first-order chi connectivity index (χ1) is 22.5. The molecule has 0 aliphatic heterocycles.